The van der Waals surface area contributed by atoms with Gasteiger partial charge >= 0.3 is 0 Å². The molecule has 0 radical (unpaired) electrons. The maximum Gasteiger partial charge on any atom is 0.137 e. The van der Waals surface area contributed by atoms with Crippen molar-refractivity contribution in [3.63, 3.8) is 0 Å². The molecule has 0 bridgehead atoms. The Balaban J connectivity index is 1.83. The lowest BCUT2D eigenvalue weighted by molar-refractivity contribution is -0.118. The molecule has 2 nitrogen and oxygen atoms in total. The number of rotatable bonds is 6. The quantitative estimate of drug-likeness (QED) is 0.803. The van der Waals surface area contributed by atoms with Crippen LogP contribution in [0.25, 0.3) is 0 Å². The second-order valence-electron chi connectivity index (χ2n) is 4.69. The smallest absolute Gasteiger partial charge is 0.137 e. The summed E-state index contributed by atoms with van der Waals surface area (Å²) in [5.41, 5.74) is 1.96. The van der Waals surface area contributed by atoms with Crippen LogP contribution in [-0.2, 0) is 17.6 Å². The van der Waals surface area contributed by atoms with Gasteiger partial charge in [0.2, 0.25) is 0 Å². The molecular weight excluding hydrogens is 255 g/mol. The predicted octanol–water partition coefficient (Wildman–Crippen LogP) is 3.58. The van der Waals surface area contributed by atoms with Crippen molar-refractivity contribution < 1.29 is 13.9 Å². The van der Waals surface area contributed by atoms with E-state index in [0.717, 1.165) is 16.9 Å². The van der Waals surface area contributed by atoms with Crippen LogP contribution in [0, 0.1) is 5.82 Å². The molecule has 0 spiro atoms. The first-order valence-corrected chi connectivity index (χ1v) is 6.56. The monoisotopic (exact) mass is 272 g/mol. The maximum absolute atomic E-state index is 12.8. The highest BCUT2D eigenvalue weighted by Crippen LogP contribution is 2.13. The molecule has 20 heavy (non-hydrogen) atoms. The molecule has 2 rings (SSSR count). The number of methoxy groups -OCH3 is 1. The fourth-order valence-corrected chi connectivity index (χ4v) is 1.99. The van der Waals surface area contributed by atoms with Crippen molar-refractivity contribution in [2.75, 3.05) is 7.11 Å². The van der Waals surface area contributed by atoms with Gasteiger partial charge in [-0.25, -0.2) is 4.39 Å². The average Bonchev–Trinajstić information content (AvgIpc) is 2.48. The van der Waals surface area contributed by atoms with Crippen molar-refractivity contribution >= 4 is 5.78 Å². The van der Waals surface area contributed by atoms with Crippen LogP contribution in [0.3, 0.4) is 0 Å². The molecule has 0 amide bonds. The molecule has 3 heteroatoms. The Labute approximate surface area is 118 Å². The van der Waals surface area contributed by atoms with E-state index < -0.39 is 0 Å². The SMILES string of the molecule is COc1ccc(CCC(=O)Cc2ccc(F)cc2)cc1. The van der Waals surface area contributed by atoms with Crippen LogP contribution in [0.15, 0.2) is 48.5 Å². The van der Waals surface area contributed by atoms with Crippen molar-refractivity contribution in [1.82, 2.24) is 0 Å². The van der Waals surface area contributed by atoms with Crippen LogP contribution in [0.1, 0.15) is 17.5 Å². The number of hydrogen-bond acceptors (Lipinski definition) is 2. The van der Waals surface area contributed by atoms with Crippen molar-refractivity contribution in [1.29, 1.82) is 0 Å². The third-order valence-electron chi connectivity index (χ3n) is 3.17. The van der Waals surface area contributed by atoms with E-state index in [2.05, 4.69) is 0 Å². The molecule has 0 N–H and O–H groups in total. The second kappa shape index (κ2) is 6.85. The summed E-state index contributed by atoms with van der Waals surface area (Å²) < 4.78 is 17.8. The van der Waals surface area contributed by atoms with Gasteiger partial charge in [-0.15, -0.1) is 0 Å². The summed E-state index contributed by atoms with van der Waals surface area (Å²) in [6, 6.07) is 13.8. The second-order valence-corrected chi connectivity index (χ2v) is 4.69. The summed E-state index contributed by atoms with van der Waals surface area (Å²) in [5.74, 6) is 0.693. The zero-order valence-electron chi connectivity index (χ0n) is 11.4. The first kappa shape index (κ1) is 14.3. The van der Waals surface area contributed by atoms with Gasteiger partial charge in [-0.2, -0.15) is 0 Å². The Hall–Kier alpha value is -2.16. The van der Waals surface area contributed by atoms with Gasteiger partial charge in [-0.3, -0.25) is 4.79 Å². The molecule has 0 heterocycles. The van der Waals surface area contributed by atoms with Gasteiger partial charge in [0.05, 0.1) is 7.11 Å². The number of benzene rings is 2. The number of ketones is 1. The highest BCUT2D eigenvalue weighted by Gasteiger charge is 2.05. The van der Waals surface area contributed by atoms with Crippen molar-refractivity contribution in [3.8, 4) is 5.75 Å². The lowest BCUT2D eigenvalue weighted by Crippen LogP contribution is -2.04. The van der Waals surface area contributed by atoms with E-state index in [9.17, 15) is 9.18 Å². The van der Waals surface area contributed by atoms with Crippen LogP contribution >= 0.6 is 0 Å². The summed E-state index contributed by atoms with van der Waals surface area (Å²) in [4.78, 5) is 11.9. The number of aryl methyl sites for hydroxylation is 1. The van der Waals surface area contributed by atoms with E-state index in [1.807, 2.05) is 24.3 Å². The predicted molar refractivity (Wildman–Crippen MR) is 76.4 cm³/mol. The highest BCUT2D eigenvalue weighted by molar-refractivity contribution is 5.81. The minimum Gasteiger partial charge on any atom is -0.497 e. The maximum atomic E-state index is 12.8. The zero-order valence-corrected chi connectivity index (χ0v) is 11.4. The van der Waals surface area contributed by atoms with Gasteiger partial charge in [-0.05, 0) is 41.8 Å². The molecule has 2 aromatic rings. The molecule has 104 valence electrons. The molecule has 0 atom stereocenters. The summed E-state index contributed by atoms with van der Waals surface area (Å²) in [6.07, 6.45) is 1.56. The van der Waals surface area contributed by atoms with Crippen LogP contribution in [0.4, 0.5) is 4.39 Å². The Morgan fingerprint density at radius 3 is 2.20 bits per heavy atom. The fraction of sp³-hybridized carbons (Fsp3) is 0.235. The third kappa shape index (κ3) is 4.19. The molecular formula is C17H17FO2. The topological polar surface area (TPSA) is 26.3 Å². The fourth-order valence-electron chi connectivity index (χ4n) is 1.99. The molecule has 0 aliphatic carbocycles. The summed E-state index contributed by atoms with van der Waals surface area (Å²) in [5, 5.41) is 0. The Morgan fingerprint density at radius 2 is 1.60 bits per heavy atom. The summed E-state index contributed by atoms with van der Waals surface area (Å²) in [7, 11) is 1.63. The molecule has 0 aliphatic rings. The van der Waals surface area contributed by atoms with E-state index in [0.29, 0.717) is 19.3 Å². The van der Waals surface area contributed by atoms with Gasteiger partial charge in [0.1, 0.15) is 17.3 Å². The zero-order chi connectivity index (χ0) is 14.4. The molecule has 0 fully saturated rings. The highest BCUT2D eigenvalue weighted by atomic mass is 19.1. The van der Waals surface area contributed by atoms with Gasteiger partial charge in [-0.1, -0.05) is 24.3 Å². The van der Waals surface area contributed by atoms with E-state index in [-0.39, 0.29) is 11.6 Å². The molecule has 2 aromatic carbocycles. The first-order chi connectivity index (χ1) is 9.67. The molecule has 0 saturated heterocycles. The lowest BCUT2D eigenvalue weighted by Gasteiger charge is -2.04. The number of carbonyl (C=O) groups excluding carboxylic acids is 1. The number of Topliss-reactive ketones (excluding diaryl/α,β-unsaturated/α-hetero) is 1. The van der Waals surface area contributed by atoms with Gasteiger partial charge in [0.25, 0.3) is 0 Å². The summed E-state index contributed by atoms with van der Waals surface area (Å²) in [6.45, 7) is 0. The van der Waals surface area contributed by atoms with Gasteiger partial charge < -0.3 is 4.74 Å². The first-order valence-electron chi connectivity index (χ1n) is 6.56. The van der Waals surface area contributed by atoms with E-state index >= 15 is 0 Å². The van der Waals surface area contributed by atoms with Crippen LogP contribution in [0.5, 0.6) is 5.75 Å². The molecule has 0 unspecified atom stereocenters. The van der Waals surface area contributed by atoms with Crippen molar-refractivity contribution in [2.45, 2.75) is 19.3 Å². The summed E-state index contributed by atoms with van der Waals surface area (Å²) >= 11 is 0. The lowest BCUT2D eigenvalue weighted by atomic mass is 10.0. The van der Waals surface area contributed by atoms with Crippen LogP contribution in [0.2, 0.25) is 0 Å². The van der Waals surface area contributed by atoms with Crippen molar-refractivity contribution in [3.05, 3.63) is 65.5 Å². The molecule has 0 aliphatic heterocycles. The van der Waals surface area contributed by atoms with Crippen LogP contribution < -0.4 is 4.74 Å². The van der Waals surface area contributed by atoms with E-state index in [1.165, 1.54) is 12.1 Å². The Bertz CT molecular complexity index is 559. The number of halogens is 1. The van der Waals surface area contributed by atoms with Crippen LogP contribution in [-0.4, -0.2) is 12.9 Å². The minimum atomic E-state index is -0.278. The number of hydrogen-bond donors (Lipinski definition) is 0. The normalized spacial score (nSPS) is 10.3. The van der Waals surface area contributed by atoms with E-state index in [4.69, 9.17) is 4.74 Å². The van der Waals surface area contributed by atoms with Gasteiger partial charge in [0, 0.05) is 12.8 Å². The Morgan fingerprint density at radius 1 is 1.00 bits per heavy atom. The average molecular weight is 272 g/mol. The molecule has 0 aromatic heterocycles. The van der Waals surface area contributed by atoms with Gasteiger partial charge in [0.15, 0.2) is 0 Å². The Kier molecular flexibility index (Phi) is 4.88. The standard InChI is InChI=1S/C17H17FO2/c1-20-17-10-5-13(6-11-17)4-9-16(19)12-14-2-7-15(18)8-3-14/h2-3,5-8,10-11H,4,9,12H2,1H3. The van der Waals surface area contributed by atoms with E-state index in [1.54, 1.807) is 19.2 Å². The number of carbonyl (C=O) groups is 1. The third-order valence-corrected chi connectivity index (χ3v) is 3.17. The largest absolute Gasteiger partial charge is 0.497 e. The molecule has 0 saturated carbocycles. The number of ether oxygens (including phenoxy) is 1. The van der Waals surface area contributed by atoms with Crippen molar-refractivity contribution in [2.24, 2.45) is 0 Å². The minimum absolute atomic E-state index is 0.160.